The minimum Gasteiger partial charge on any atom is -0.394 e. The third-order valence-electron chi connectivity index (χ3n) is 2.77. The molecule has 0 amide bonds. The van der Waals surface area contributed by atoms with Crippen molar-refractivity contribution in [2.24, 2.45) is 0 Å². The van der Waals surface area contributed by atoms with Crippen LogP contribution >= 0.6 is 0 Å². The largest absolute Gasteiger partial charge is 0.431 e. The van der Waals surface area contributed by atoms with Crippen LogP contribution in [0.4, 0.5) is 19.1 Å². The molecule has 0 aliphatic heterocycles. The van der Waals surface area contributed by atoms with Gasteiger partial charge in [0.1, 0.15) is 11.3 Å². The Balaban J connectivity index is 2.50. The fraction of sp³-hybridized carbons (Fsp3) is 0.455. The molecule has 2 aromatic rings. The highest BCUT2D eigenvalue weighted by molar-refractivity contribution is 5.77. The van der Waals surface area contributed by atoms with E-state index in [0.717, 1.165) is 10.6 Å². The van der Waals surface area contributed by atoms with E-state index >= 15 is 0 Å². The van der Waals surface area contributed by atoms with Crippen molar-refractivity contribution >= 4 is 17.0 Å². The van der Waals surface area contributed by atoms with Gasteiger partial charge in [0.25, 0.3) is 5.56 Å². The molecule has 0 radical (unpaired) electrons. The van der Waals surface area contributed by atoms with Crippen LogP contribution in [0.25, 0.3) is 11.0 Å². The number of ether oxygens (including phenoxy) is 1. The lowest BCUT2D eigenvalue weighted by molar-refractivity contribution is -0.143. The first-order chi connectivity index (χ1) is 9.84. The summed E-state index contributed by atoms with van der Waals surface area (Å²) in [7, 11) is 0. The molecule has 0 fully saturated rings. The molecule has 7 nitrogen and oxygen atoms in total. The number of alkyl halides is 3. The zero-order valence-electron chi connectivity index (χ0n) is 10.8. The van der Waals surface area contributed by atoms with Gasteiger partial charge in [0.05, 0.1) is 25.2 Å². The third kappa shape index (κ3) is 3.16. The second-order valence-electron chi connectivity index (χ2n) is 4.20. The van der Waals surface area contributed by atoms with E-state index in [0.29, 0.717) is 0 Å². The number of nitrogens with two attached hydrogens (primary N) is 1. The van der Waals surface area contributed by atoms with E-state index in [-0.39, 0.29) is 43.3 Å². The highest BCUT2D eigenvalue weighted by Crippen LogP contribution is 2.32. The molecule has 0 spiro atoms. The van der Waals surface area contributed by atoms with Crippen LogP contribution in [0, 0.1) is 0 Å². The van der Waals surface area contributed by atoms with E-state index in [4.69, 9.17) is 15.6 Å². The zero-order valence-corrected chi connectivity index (χ0v) is 10.8. The topological polar surface area (TPSA) is 106 Å². The van der Waals surface area contributed by atoms with Crippen LogP contribution in [0.3, 0.4) is 0 Å². The van der Waals surface area contributed by atoms with Crippen LogP contribution in [0.15, 0.2) is 10.9 Å². The Morgan fingerprint density at radius 3 is 2.76 bits per heavy atom. The van der Waals surface area contributed by atoms with Crippen LogP contribution < -0.4 is 11.3 Å². The SMILES string of the molecule is Nc1nc2c(cc(C(F)(F)F)n2CCOCCO)c(=O)[nH]1. The second kappa shape index (κ2) is 5.74. The highest BCUT2D eigenvalue weighted by atomic mass is 19.4. The summed E-state index contributed by atoms with van der Waals surface area (Å²) in [5, 5.41) is 8.37. The maximum absolute atomic E-state index is 13.0. The molecule has 10 heteroatoms. The number of anilines is 1. The van der Waals surface area contributed by atoms with Gasteiger partial charge in [-0.2, -0.15) is 18.2 Å². The van der Waals surface area contributed by atoms with E-state index < -0.39 is 17.4 Å². The number of aliphatic hydroxyl groups excluding tert-OH is 1. The molecule has 0 saturated heterocycles. The van der Waals surface area contributed by atoms with Crippen molar-refractivity contribution in [2.45, 2.75) is 12.7 Å². The lowest BCUT2D eigenvalue weighted by atomic mass is 10.3. The Hall–Kier alpha value is -2.07. The number of fused-ring (bicyclic) bond motifs is 1. The van der Waals surface area contributed by atoms with Crippen molar-refractivity contribution in [1.82, 2.24) is 14.5 Å². The summed E-state index contributed by atoms with van der Waals surface area (Å²) >= 11 is 0. The average Bonchev–Trinajstić information content (AvgIpc) is 2.74. The fourth-order valence-corrected chi connectivity index (χ4v) is 1.94. The van der Waals surface area contributed by atoms with Crippen molar-refractivity contribution in [1.29, 1.82) is 0 Å². The number of nitrogen functional groups attached to an aromatic ring is 1. The van der Waals surface area contributed by atoms with Crippen molar-refractivity contribution < 1.29 is 23.0 Å². The first-order valence-electron chi connectivity index (χ1n) is 5.99. The number of aromatic nitrogens is 3. The van der Waals surface area contributed by atoms with E-state index in [1.165, 1.54) is 0 Å². The highest BCUT2D eigenvalue weighted by Gasteiger charge is 2.36. The average molecular weight is 306 g/mol. The molecule has 21 heavy (non-hydrogen) atoms. The number of nitrogens with zero attached hydrogens (tertiary/aromatic N) is 2. The Labute approximate surface area is 116 Å². The van der Waals surface area contributed by atoms with E-state index in [1.54, 1.807) is 0 Å². The quantitative estimate of drug-likeness (QED) is 0.690. The van der Waals surface area contributed by atoms with Gasteiger partial charge in [-0.25, -0.2) is 0 Å². The van der Waals surface area contributed by atoms with Crippen molar-refractivity contribution in [2.75, 3.05) is 25.6 Å². The smallest absolute Gasteiger partial charge is 0.394 e. The first-order valence-corrected chi connectivity index (χ1v) is 5.99. The molecule has 2 aromatic heterocycles. The molecule has 0 unspecified atom stereocenters. The van der Waals surface area contributed by atoms with Gasteiger partial charge >= 0.3 is 6.18 Å². The number of halogens is 3. The molecule has 2 rings (SSSR count). The predicted octanol–water partition coefficient (Wildman–Crippen LogP) is 0.334. The molecule has 4 N–H and O–H groups in total. The Morgan fingerprint density at radius 1 is 1.43 bits per heavy atom. The maximum atomic E-state index is 13.0. The fourth-order valence-electron chi connectivity index (χ4n) is 1.94. The Bertz CT molecular complexity index is 692. The summed E-state index contributed by atoms with van der Waals surface area (Å²) < 4.78 is 44.8. The third-order valence-corrected chi connectivity index (χ3v) is 2.77. The molecular formula is C11H13F3N4O3. The van der Waals surface area contributed by atoms with Crippen LogP contribution in [0.5, 0.6) is 0 Å². The number of rotatable bonds is 5. The molecule has 2 heterocycles. The molecule has 0 atom stereocenters. The van der Waals surface area contributed by atoms with E-state index in [9.17, 15) is 18.0 Å². The summed E-state index contributed by atoms with van der Waals surface area (Å²) in [6.07, 6.45) is -4.64. The first kappa shape index (κ1) is 15.3. The number of hydrogen-bond donors (Lipinski definition) is 3. The lowest BCUT2D eigenvalue weighted by Crippen LogP contribution is -2.17. The lowest BCUT2D eigenvalue weighted by Gasteiger charge is -2.12. The van der Waals surface area contributed by atoms with Gasteiger partial charge in [-0.1, -0.05) is 0 Å². The van der Waals surface area contributed by atoms with Gasteiger partial charge in [0.2, 0.25) is 5.95 Å². The number of aliphatic hydroxyl groups is 1. The number of hydrogen-bond acceptors (Lipinski definition) is 5. The summed E-state index contributed by atoms with van der Waals surface area (Å²) in [5.74, 6) is -0.267. The summed E-state index contributed by atoms with van der Waals surface area (Å²) in [6, 6.07) is 0.729. The molecule has 0 aliphatic rings. The van der Waals surface area contributed by atoms with Gasteiger partial charge in [-0.3, -0.25) is 9.78 Å². The standard InChI is InChI=1S/C11H13F3N4O3/c12-11(13,14)7-5-6-8(16-10(15)17-9(6)20)18(7)1-3-21-4-2-19/h5,19H,1-4H2,(H3,15,16,17,20). The summed E-state index contributed by atoms with van der Waals surface area (Å²) in [6.45, 7) is -0.462. The molecule has 0 aliphatic carbocycles. The molecule has 0 aromatic carbocycles. The molecule has 0 bridgehead atoms. The van der Waals surface area contributed by atoms with Crippen molar-refractivity contribution in [3.05, 3.63) is 22.1 Å². The van der Waals surface area contributed by atoms with Gasteiger partial charge in [0, 0.05) is 6.54 Å². The van der Waals surface area contributed by atoms with Crippen LogP contribution in [-0.4, -0.2) is 39.5 Å². The van der Waals surface area contributed by atoms with Gasteiger partial charge in [0.15, 0.2) is 0 Å². The summed E-state index contributed by atoms with van der Waals surface area (Å²) in [4.78, 5) is 17.5. The van der Waals surface area contributed by atoms with Crippen LogP contribution in [0.2, 0.25) is 0 Å². The molecule has 116 valence electrons. The Kier molecular flexibility index (Phi) is 4.19. The van der Waals surface area contributed by atoms with Gasteiger partial charge in [-0.05, 0) is 6.07 Å². The summed E-state index contributed by atoms with van der Waals surface area (Å²) in [5.41, 5.74) is 3.46. The maximum Gasteiger partial charge on any atom is 0.431 e. The van der Waals surface area contributed by atoms with Gasteiger partial charge < -0.3 is 20.1 Å². The van der Waals surface area contributed by atoms with E-state index in [1.807, 2.05) is 0 Å². The van der Waals surface area contributed by atoms with E-state index in [2.05, 4.69) is 9.97 Å². The predicted molar refractivity (Wildman–Crippen MR) is 67.7 cm³/mol. The normalized spacial score (nSPS) is 12.2. The van der Waals surface area contributed by atoms with Crippen molar-refractivity contribution in [3.63, 3.8) is 0 Å². The Morgan fingerprint density at radius 2 is 2.14 bits per heavy atom. The number of H-pyrrole nitrogens is 1. The van der Waals surface area contributed by atoms with Crippen LogP contribution in [-0.2, 0) is 17.5 Å². The number of nitrogens with one attached hydrogen (secondary N) is 1. The minimum atomic E-state index is -4.64. The second-order valence-corrected chi connectivity index (χ2v) is 4.20. The molecule has 0 saturated carbocycles. The molecular weight excluding hydrogens is 293 g/mol. The zero-order chi connectivity index (χ0) is 15.6. The van der Waals surface area contributed by atoms with Crippen LogP contribution in [0.1, 0.15) is 5.69 Å². The van der Waals surface area contributed by atoms with Crippen molar-refractivity contribution in [3.8, 4) is 0 Å². The van der Waals surface area contributed by atoms with Gasteiger partial charge in [-0.15, -0.1) is 0 Å². The monoisotopic (exact) mass is 306 g/mol. The number of aromatic amines is 1. The minimum absolute atomic E-state index is 0.0106.